The molecule has 2 aromatic rings. The predicted molar refractivity (Wildman–Crippen MR) is 83.8 cm³/mol. The zero-order chi connectivity index (χ0) is 14.2. The summed E-state index contributed by atoms with van der Waals surface area (Å²) in [5.74, 6) is 0. The van der Waals surface area contributed by atoms with Gasteiger partial charge >= 0.3 is 0 Å². The van der Waals surface area contributed by atoms with Crippen molar-refractivity contribution in [2.75, 3.05) is 0 Å². The van der Waals surface area contributed by atoms with Gasteiger partial charge in [0.05, 0.1) is 0 Å². The van der Waals surface area contributed by atoms with Crippen LogP contribution < -0.4 is 0 Å². The van der Waals surface area contributed by atoms with E-state index in [0.717, 1.165) is 15.9 Å². The lowest BCUT2D eigenvalue weighted by Gasteiger charge is -2.16. The van der Waals surface area contributed by atoms with Gasteiger partial charge in [0.2, 0.25) is 0 Å². The van der Waals surface area contributed by atoms with Gasteiger partial charge in [-0.05, 0) is 19.1 Å². The van der Waals surface area contributed by atoms with Gasteiger partial charge in [-0.2, -0.15) is 0 Å². The van der Waals surface area contributed by atoms with Gasteiger partial charge in [-0.1, -0.05) is 60.7 Å². The molecule has 0 spiro atoms. The van der Waals surface area contributed by atoms with Crippen LogP contribution in [0.25, 0.3) is 0 Å². The van der Waals surface area contributed by atoms with Crippen LogP contribution in [0, 0.1) is 5.21 Å². The first-order valence-electron chi connectivity index (χ1n) is 6.82. The minimum atomic E-state index is -0.187. The Bertz CT molecular complexity index is 573. The van der Waals surface area contributed by atoms with Crippen LogP contribution in [0.2, 0.25) is 0 Å². The minimum absolute atomic E-state index is 0.187. The number of hydroxylamine groups is 1. The maximum atomic E-state index is 12.4. The summed E-state index contributed by atoms with van der Waals surface area (Å²) < 4.78 is 1.05. The molecule has 0 aliphatic rings. The monoisotopic (exact) mass is 265 g/mol. The van der Waals surface area contributed by atoms with Gasteiger partial charge in [0.15, 0.2) is 12.3 Å². The van der Waals surface area contributed by atoms with Crippen molar-refractivity contribution in [2.24, 2.45) is 0 Å². The molecular weight excluding hydrogens is 246 g/mol. The van der Waals surface area contributed by atoms with Crippen molar-refractivity contribution in [2.45, 2.75) is 19.4 Å². The highest BCUT2D eigenvalue weighted by atomic mass is 16.5. The first-order valence-corrected chi connectivity index (χ1v) is 6.82. The van der Waals surface area contributed by atoms with Gasteiger partial charge in [-0.25, -0.2) is 4.74 Å². The Morgan fingerprint density at radius 2 is 1.60 bits per heavy atom. The van der Waals surface area contributed by atoms with Crippen molar-refractivity contribution < 1.29 is 4.74 Å². The highest BCUT2D eigenvalue weighted by molar-refractivity contribution is 5.75. The van der Waals surface area contributed by atoms with Crippen LogP contribution in [0.1, 0.15) is 30.5 Å². The number of hydrogen-bond donors (Lipinski definition) is 0. The van der Waals surface area contributed by atoms with Gasteiger partial charge in [0, 0.05) is 17.5 Å². The van der Waals surface area contributed by atoms with E-state index in [-0.39, 0.29) is 6.04 Å². The molecular formula is C18H19NO. The standard InChI is InChI=1S/C18H19NO/c1-2-3-14-18(17-12-8-5-9-13-17)19(20)15-16-10-6-4-7-11-16/h2-13,15,18H,14H2,1H3/b3-2+,19-15-/t18-/m1/s1. The molecule has 0 unspecified atom stereocenters. The van der Waals surface area contributed by atoms with Crippen molar-refractivity contribution in [3.63, 3.8) is 0 Å². The first-order chi connectivity index (χ1) is 9.81. The summed E-state index contributed by atoms with van der Waals surface area (Å²) in [6.45, 7) is 1.97. The molecule has 0 fully saturated rings. The molecule has 0 radical (unpaired) electrons. The second kappa shape index (κ2) is 7.29. The molecule has 0 heterocycles. The van der Waals surface area contributed by atoms with E-state index in [2.05, 4.69) is 0 Å². The Morgan fingerprint density at radius 3 is 2.20 bits per heavy atom. The summed E-state index contributed by atoms with van der Waals surface area (Å²) in [5, 5.41) is 12.4. The molecule has 2 rings (SSSR count). The maximum absolute atomic E-state index is 12.4. The average Bonchev–Trinajstić information content (AvgIpc) is 2.50. The van der Waals surface area contributed by atoms with Gasteiger partial charge in [-0.3, -0.25) is 0 Å². The quantitative estimate of drug-likeness (QED) is 0.260. The number of benzene rings is 2. The van der Waals surface area contributed by atoms with Gasteiger partial charge in [-0.15, -0.1) is 0 Å². The fourth-order valence-electron chi connectivity index (χ4n) is 2.10. The molecule has 0 saturated heterocycles. The minimum Gasteiger partial charge on any atom is -0.623 e. The Hall–Kier alpha value is -2.35. The van der Waals surface area contributed by atoms with Gasteiger partial charge < -0.3 is 5.21 Å². The Kier molecular flexibility index (Phi) is 5.13. The van der Waals surface area contributed by atoms with E-state index in [1.54, 1.807) is 6.21 Å². The third-order valence-electron chi connectivity index (χ3n) is 3.16. The topological polar surface area (TPSA) is 26.1 Å². The number of rotatable bonds is 5. The van der Waals surface area contributed by atoms with Crippen molar-refractivity contribution >= 4 is 6.21 Å². The van der Waals surface area contributed by atoms with Crippen LogP contribution in [0.15, 0.2) is 72.8 Å². The van der Waals surface area contributed by atoms with E-state index in [1.165, 1.54) is 0 Å². The molecule has 2 nitrogen and oxygen atoms in total. The number of allylic oxidation sites excluding steroid dienone is 1. The molecule has 0 aromatic heterocycles. The zero-order valence-corrected chi connectivity index (χ0v) is 11.6. The predicted octanol–water partition coefficient (Wildman–Crippen LogP) is 4.32. The van der Waals surface area contributed by atoms with Crippen molar-refractivity contribution in [1.29, 1.82) is 0 Å². The van der Waals surface area contributed by atoms with Crippen LogP contribution >= 0.6 is 0 Å². The van der Waals surface area contributed by atoms with Crippen LogP contribution in [0.4, 0.5) is 0 Å². The van der Waals surface area contributed by atoms with Crippen LogP contribution in [-0.4, -0.2) is 11.0 Å². The Labute approximate surface area is 120 Å². The lowest BCUT2D eigenvalue weighted by molar-refractivity contribution is -0.502. The molecule has 0 bridgehead atoms. The second-order valence-corrected chi connectivity index (χ2v) is 4.63. The third-order valence-corrected chi connectivity index (χ3v) is 3.16. The SMILES string of the molecule is C/C=C/C[C@H](c1ccccc1)/[N+]([O-])=C/c1ccccc1. The van der Waals surface area contributed by atoms with Crippen molar-refractivity contribution in [1.82, 2.24) is 0 Å². The molecule has 0 amide bonds. The second-order valence-electron chi connectivity index (χ2n) is 4.63. The van der Waals surface area contributed by atoms with Crippen molar-refractivity contribution in [3.8, 4) is 0 Å². The summed E-state index contributed by atoms with van der Waals surface area (Å²) in [5.41, 5.74) is 1.96. The van der Waals surface area contributed by atoms with E-state index in [0.29, 0.717) is 6.42 Å². The van der Waals surface area contributed by atoms with E-state index in [1.807, 2.05) is 79.7 Å². The van der Waals surface area contributed by atoms with Crippen LogP contribution in [0.5, 0.6) is 0 Å². The van der Waals surface area contributed by atoms with Crippen LogP contribution in [-0.2, 0) is 0 Å². The number of nitrogens with zero attached hydrogens (tertiary/aromatic N) is 1. The highest BCUT2D eigenvalue weighted by Crippen LogP contribution is 2.20. The highest BCUT2D eigenvalue weighted by Gasteiger charge is 2.16. The molecule has 20 heavy (non-hydrogen) atoms. The van der Waals surface area contributed by atoms with E-state index >= 15 is 0 Å². The van der Waals surface area contributed by atoms with E-state index in [4.69, 9.17) is 0 Å². The van der Waals surface area contributed by atoms with Crippen LogP contribution in [0.3, 0.4) is 0 Å². The Balaban J connectivity index is 2.29. The summed E-state index contributed by atoms with van der Waals surface area (Å²) >= 11 is 0. The summed E-state index contributed by atoms with van der Waals surface area (Å²) in [6.07, 6.45) is 6.36. The number of hydrogen-bond acceptors (Lipinski definition) is 1. The molecule has 0 aliphatic heterocycles. The lowest BCUT2D eigenvalue weighted by atomic mass is 10.0. The molecule has 0 aliphatic carbocycles. The molecule has 102 valence electrons. The largest absolute Gasteiger partial charge is 0.623 e. The molecule has 0 N–H and O–H groups in total. The normalized spacial score (nSPS) is 13.6. The van der Waals surface area contributed by atoms with Gasteiger partial charge in [0.1, 0.15) is 0 Å². The lowest BCUT2D eigenvalue weighted by Crippen LogP contribution is -2.14. The summed E-state index contributed by atoms with van der Waals surface area (Å²) in [7, 11) is 0. The smallest absolute Gasteiger partial charge is 0.191 e. The van der Waals surface area contributed by atoms with Gasteiger partial charge in [0.25, 0.3) is 0 Å². The molecule has 2 aromatic carbocycles. The maximum Gasteiger partial charge on any atom is 0.191 e. The molecule has 2 heteroatoms. The average molecular weight is 265 g/mol. The first kappa shape index (κ1) is 14.1. The summed E-state index contributed by atoms with van der Waals surface area (Å²) in [4.78, 5) is 0. The fraction of sp³-hybridized carbons (Fsp3) is 0.167. The van der Waals surface area contributed by atoms with E-state index < -0.39 is 0 Å². The molecule has 1 atom stereocenters. The van der Waals surface area contributed by atoms with Crippen molar-refractivity contribution in [3.05, 3.63) is 89.1 Å². The summed E-state index contributed by atoms with van der Waals surface area (Å²) in [6, 6.07) is 19.4. The molecule has 0 saturated carbocycles. The zero-order valence-electron chi connectivity index (χ0n) is 11.6. The van der Waals surface area contributed by atoms with E-state index in [9.17, 15) is 5.21 Å². The fourth-order valence-corrected chi connectivity index (χ4v) is 2.10. The Morgan fingerprint density at radius 1 is 1.00 bits per heavy atom. The third kappa shape index (κ3) is 3.82.